The molecule has 0 saturated carbocycles. The summed E-state index contributed by atoms with van der Waals surface area (Å²) in [7, 11) is 0. The predicted octanol–water partition coefficient (Wildman–Crippen LogP) is 1.02. The van der Waals surface area contributed by atoms with Gasteiger partial charge in [-0.2, -0.15) is 5.26 Å². The van der Waals surface area contributed by atoms with Gasteiger partial charge < -0.3 is 5.32 Å². The summed E-state index contributed by atoms with van der Waals surface area (Å²) in [6.07, 6.45) is 1.75. The van der Waals surface area contributed by atoms with Crippen molar-refractivity contribution in [3.05, 3.63) is 11.8 Å². The molecule has 0 saturated heterocycles. The van der Waals surface area contributed by atoms with E-state index in [9.17, 15) is 0 Å². The molecular formula is C6H10N2. The molecule has 8 heavy (non-hydrogen) atoms. The van der Waals surface area contributed by atoms with E-state index in [1.807, 2.05) is 19.9 Å². The molecule has 1 N–H and O–H groups in total. The molecule has 0 amide bonds. The maximum atomic E-state index is 8.28. The summed E-state index contributed by atoms with van der Waals surface area (Å²) in [6, 6.07) is 2.00. The average molecular weight is 110 g/mol. The fraction of sp³-hybridized carbons (Fsp3) is 0.500. The topological polar surface area (TPSA) is 35.8 Å². The van der Waals surface area contributed by atoms with Gasteiger partial charge in [0.1, 0.15) is 11.8 Å². The maximum Gasteiger partial charge on any atom is 0.117 e. The third kappa shape index (κ3) is 2.25. The molecule has 0 aromatic carbocycles. The first kappa shape index (κ1) is 7.03. The van der Waals surface area contributed by atoms with Crippen LogP contribution in [-0.2, 0) is 0 Å². The van der Waals surface area contributed by atoms with Crippen LogP contribution in [-0.4, -0.2) is 6.54 Å². The smallest absolute Gasteiger partial charge is 0.117 e. The van der Waals surface area contributed by atoms with Gasteiger partial charge in [-0.1, -0.05) is 6.08 Å². The minimum atomic E-state index is 0.646. The lowest BCUT2D eigenvalue weighted by Gasteiger charge is -1.94. The lowest BCUT2D eigenvalue weighted by Crippen LogP contribution is -2.09. The standard InChI is InChI=1S/C6H10N2/c1-3-6(5-7)8-4-2/h3,8H,4H2,1-2H3/b6-3-. The number of hydrogen-bond donors (Lipinski definition) is 1. The summed E-state index contributed by atoms with van der Waals surface area (Å²) in [6.45, 7) is 4.61. The van der Waals surface area contributed by atoms with Crippen molar-refractivity contribution in [3.63, 3.8) is 0 Å². The largest absolute Gasteiger partial charge is 0.377 e. The van der Waals surface area contributed by atoms with Gasteiger partial charge in [0.2, 0.25) is 0 Å². The SMILES string of the molecule is C/C=C(/C#N)NCC. The van der Waals surface area contributed by atoms with Crippen LogP contribution in [0.5, 0.6) is 0 Å². The van der Waals surface area contributed by atoms with Gasteiger partial charge in [0.15, 0.2) is 0 Å². The molecular weight excluding hydrogens is 100 g/mol. The van der Waals surface area contributed by atoms with Crippen molar-refractivity contribution in [1.29, 1.82) is 5.26 Å². The molecule has 0 radical (unpaired) electrons. The Labute approximate surface area is 49.8 Å². The van der Waals surface area contributed by atoms with Crippen molar-refractivity contribution in [3.8, 4) is 6.07 Å². The highest BCUT2D eigenvalue weighted by atomic mass is 14.9. The van der Waals surface area contributed by atoms with E-state index < -0.39 is 0 Å². The zero-order chi connectivity index (χ0) is 6.41. The summed E-state index contributed by atoms with van der Waals surface area (Å²) >= 11 is 0. The molecule has 0 aliphatic rings. The molecule has 0 rings (SSSR count). The zero-order valence-corrected chi connectivity index (χ0v) is 5.23. The van der Waals surface area contributed by atoms with Gasteiger partial charge in [-0.25, -0.2) is 0 Å². The molecule has 0 unspecified atom stereocenters. The second kappa shape index (κ2) is 4.20. The molecule has 0 atom stereocenters. The van der Waals surface area contributed by atoms with Crippen molar-refractivity contribution >= 4 is 0 Å². The van der Waals surface area contributed by atoms with Crippen LogP contribution in [0.25, 0.3) is 0 Å². The Balaban J connectivity index is 3.60. The monoisotopic (exact) mass is 110 g/mol. The van der Waals surface area contributed by atoms with Crippen LogP contribution in [0.3, 0.4) is 0 Å². The highest BCUT2D eigenvalue weighted by molar-refractivity contribution is 5.16. The summed E-state index contributed by atoms with van der Waals surface area (Å²) in [5, 5.41) is 11.2. The number of hydrogen-bond acceptors (Lipinski definition) is 2. The van der Waals surface area contributed by atoms with Gasteiger partial charge in [-0.3, -0.25) is 0 Å². The van der Waals surface area contributed by atoms with Crippen LogP contribution in [0, 0.1) is 11.3 Å². The normalized spacial score (nSPS) is 10.4. The second-order valence-corrected chi connectivity index (χ2v) is 1.34. The van der Waals surface area contributed by atoms with Gasteiger partial charge in [0.25, 0.3) is 0 Å². The molecule has 0 aliphatic carbocycles. The van der Waals surface area contributed by atoms with Crippen LogP contribution >= 0.6 is 0 Å². The molecule has 0 spiro atoms. The Morgan fingerprint density at radius 3 is 2.62 bits per heavy atom. The lowest BCUT2D eigenvalue weighted by atomic mass is 10.4. The molecule has 0 fully saturated rings. The van der Waals surface area contributed by atoms with Crippen LogP contribution in [0.1, 0.15) is 13.8 Å². The zero-order valence-electron chi connectivity index (χ0n) is 5.23. The van der Waals surface area contributed by atoms with Crippen LogP contribution in [0.4, 0.5) is 0 Å². The van der Waals surface area contributed by atoms with Crippen molar-refractivity contribution in [2.24, 2.45) is 0 Å². The van der Waals surface area contributed by atoms with Gasteiger partial charge in [0.05, 0.1) is 0 Å². The van der Waals surface area contributed by atoms with Crippen LogP contribution < -0.4 is 5.32 Å². The van der Waals surface area contributed by atoms with E-state index in [0.29, 0.717) is 5.70 Å². The number of rotatable bonds is 2. The second-order valence-electron chi connectivity index (χ2n) is 1.34. The summed E-state index contributed by atoms with van der Waals surface area (Å²) in [5.74, 6) is 0. The minimum absolute atomic E-state index is 0.646. The van der Waals surface area contributed by atoms with Crippen molar-refractivity contribution in [2.75, 3.05) is 6.54 Å². The highest BCUT2D eigenvalue weighted by Crippen LogP contribution is 1.81. The molecule has 0 aromatic rings. The first-order valence-electron chi connectivity index (χ1n) is 2.65. The van der Waals surface area contributed by atoms with Crippen molar-refractivity contribution in [1.82, 2.24) is 5.32 Å². The van der Waals surface area contributed by atoms with E-state index >= 15 is 0 Å². The van der Waals surface area contributed by atoms with E-state index in [2.05, 4.69) is 5.32 Å². The Bertz CT molecular complexity index is 119. The van der Waals surface area contributed by atoms with Crippen molar-refractivity contribution in [2.45, 2.75) is 13.8 Å². The molecule has 2 nitrogen and oxygen atoms in total. The van der Waals surface area contributed by atoms with Crippen LogP contribution in [0.15, 0.2) is 11.8 Å². The first-order chi connectivity index (χ1) is 3.85. The minimum Gasteiger partial charge on any atom is -0.377 e. The Hall–Kier alpha value is -0.970. The van der Waals surface area contributed by atoms with Crippen LogP contribution in [0.2, 0.25) is 0 Å². The maximum absolute atomic E-state index is 8.28. The van der Waals surface area contributed by atoms with Crippen molar-refractivity contribution < 1.29 is 0 Å². The molecule has 0 bridgehead atoms. The summed E-state index contributed by atoms with van der Waals surface area (Å²) in [5.41, 5.74) is 0.646. The van der Waals surface area contributed by atoms with E-state index in [0.717, 1.165) is 6.54 Å². The molecule has 2 heteroatoms. The van der Waals surface area contributed by atoms with E-state index in [4.69, 9.17) is 5.26 Å². The molecule has 0 aliphatic heterocycles. The van der Waals surface area contributed by atoms with E-state index in [1.54, 1.807) is 6.08 Å². The average Bonchev–Trinajstić information content (AvgIpc) is 1.83. The summed E-state index contributed by atoms with van der Waals surface area (Å²) in [4.78, 5) is 0. The third-order valence-corrected chi connectivity index (χ3v) is 0.776. The fourth-order valence-corrected chi connectivity index (χ4v) is 0.397. The van der Waals surface area contributed by atoms with Gasteiger partial charge in [-0.05, 0) is 13.8 Å². The van der Waals surface area contributed by atoms with E-state index in [-0.39, 0.29) is 0 Å². The predicted molar refractivity (Wildman–Crippen MR) is 33.0 cm³/mol. The van der Waals surface area contributed by atoms with Gasteiger partial charge in [-0.15, -0.1) is 0 Å². The molecule has 0 heterocycles. The molecule has 44 valence electrons. The number of allylic oxidation sites excluding steroid dienone is 2. The Morgan fingerprint density at radius 1 is 1.88 bits per heavy atom. The first-order valence-corrected chi connectivity index (χ1v) is 2.65. The quantitative estimate of drug-likeness (QED) is 0.539. The Morgan fingerprint density at radius 2 is 2.50 bits per heavy atom. The van der Waals surface area contributed by atoms with Gasteiger partial charge in [0, 0.05) is 6.54 Å². The highest BCUT2D eigenvalue weighted by Gasteiger charge is 1.83. The fourth-order valence-electron chi connectivity index (χ4n) is 0.397. The lowest BCUT2D eigenvalue weighted by molar-refractivity contribution is 0.880. The van der Waals surface area contributed by atoms with Gasteiger partial charge >= 0.3 is 0 Å². The third-order valence-electron chi connectivity index (χ3n) is 0.776. The Kier molecular flexibility index (Phi) is 3.69. The summed E-state index contributed by atoms with van der Waals surface area (Å²) < 4.78 is 0. The number of nitriles is 1. The van der Waals surface area contributed by atoms with E-state index in [1.165, 1.54) is 0 Å². The number of nitrogens with one attached hydrogen (secondary N) is 1. The molecule has 0 aromatic heterocycles. The number of nitrogens with zero attached hydrogens (tertiary/aromatic N) is 1.